The van der Waals surface area contributed by atoms with Crippen molar-refractivity contribution in [3.63, 3.8) is 0 Å². The molecule has 0 saturated carbocycles. The van der Waals surface area contributed by atoms with Crippen molar-refractivity contribution in [2.75, 3.05) is 7.11 Å². The monoisotopic (exact) mass is 358 g/mol. The fourth-order valence-electron chi connectivity index (χ4n) is 2.05. The fraction of sp³-hybridized carbons (Fsp3) is 0.0526. The van der Waals surface area contributed by atoms with Crippen molar-refractivity contribution in [3.05, 3.63) is 77.8 Å². The van der Waals surface area contributed by atoms with Gasteiger partial charge in [0.05, 0.1) is 7.11 Å². The first-order valence-electron chi connectivity index (χ1n) is 7.09. The number of benzene rings is 3. The Labute approximate surface area is 150 Å². The second-order valence-electron chi connectivity index (χ2n) is 4.76. The molecule has 0 aliphatic carbocycles. The minimum atomic E-state index is 0.732. The number of methoxy groups -OCH3 is 1. The Balaban J connectivity index is 0.000000151. The zero-order valence-corrected chi connectivity index (χ0v) is 14.9. The Bertz CT molecular complexity index is 700. The van der Waals surface area contributed by atoms with Crippen LogP contribution in [0, 0.1) is 0 Å². The van der Waals surface area contributed by atoms with E-state index in [0.717, 1.165) is 10.8 Å². The van der Waals surface area contributed by atoms with E-state index in [1.54, 1.807) is 19.2 Å². The molecule has 0 radical (unpaired) electrons. The lowest BCUT2D eigenvalue weighted by Crippen LogP contribution is -1.87. The summed E-state index contributed by atoms with van der Waals surface area (Å²) in [7, 11) is 1.63. The number of hydrogen-bond acceptors (Lipinski definition) is 3. The van der Waals surface area contributed by atoms with E-state index in [2.05, 4.69) is 48.5 Å². The first-order valence-corrected chi connectivity index (χ1v) is 9.10. The van der Waals surface area contributed by atoms with E-state index < -0.39 is 0 Å². The van der Waals surface area contributed by atoms with Crippen molar-refractivity contribution in [2.45, 2.75) is 19.6 Å². The maximum Gasteiger partial charge on any atom is 0.118 e. The number of halogens is 1. The zero-order chi connectivity index (χ0) is 16.1. The minimum absolute atomic E-state index is 0.732. The Kier molecular flexibility index (Phi) is 5.55. The van der Waals surface area contributed by atoms with E-state index in [1.807, 2.05) is 35.7 Å². The van der Waals surface area contributed by atoms with Gasteiger partial charge in [0.15, 0.2) is 0 Å². The molecule has 3 aromatic carbocycles. The van der Waals surface area contributed by atoms with Crippen LogP contribution in [0.5, 0.6) is 5.75 Å². The summed E-state index contributed by atoms with van der Waals surface area (Å²) in [6.45, 7) is 0. The highest BCUT2D eigenvalue weighted by Gasteiger charge is 2.14. The predicted octanol–water partition coefficient (Wildman–Crippen LogP) is 6.65. The summed E-state index contributed by atoms with van der Waals surface area (Å²) in [6, 6.07) is 24.4. The molecule has 1 aliphatic rings. The molecule has 0 spiro atoms. The molecule has 4 rings (SSSR count). The maximum absolute atomic E-state index is 5.61. The third-order valence-corrected chi connectivity index (χ3v) is 6.00. The number of ether oxygens (including phenoxy) is 1. The molecule has 0 saturated heterocycles. The average molecular weight is 359 g/mol. The van der Waals surface area contributed by atoms with Gasteiger partial charge in [-0.05, 0) is 48.5 Å². The van der Waals surface area contributed by atoms with E-state index in [0.29, 0.717) is 0 Å². The highest BCUT2D eigenvalue weighted by atomic mass is 35.5. The molecule has 3 aromatic rings. The zero-order valence-electron chi connectivity index (χ0n) is 12.5. The largest absolute Gasteiger partial charge is 0.497 e. The van der Waals surface area contributed by atoms with Gasteiger partial charge in [-0.15, -0.1) is 0 Å². The van der Waals surface area contributed by atoms with Crippen LogP contribution in [0.2, 0.25) is 5.02 Å². The van der Waals surface area contributed by atoms with Crippen LogP contribution in [0.4, 0.5) is 0 Å². The van der Waals surface area contributed by atoms with Gasteiger partial charge < -0.3 is 4.74 Å². The van der Waals surface area contributed by atoms with Gasteiger partial charge in [0, 0.05) is 24.6 Å². The number of fused-ring (bicyclic) bond motifs is 2. The first kappa shape index (κ1) is 16.3. The van der Waals surface area contributed by atoms with Crippen molar-refractivity contribution >= 4 is 35.1 Å². The molecule has 1 nitrogen and oxygen atoms in total. The molecule has 1 aliphatic heterocycles. The van der Waals surface area contributed by atoms with Crippen LogP contribution in [0.25, 0.3) is 0 Å². The maximum atomic E-state index is 5.61. The highest BCUT2D eigenvalue weighted by molar-refractivity contribution is 8.05. The standard InChI is InChI=1S/C12H8S2.C7H7ClO/c1-2-6-10-9(5-1)13-11-7-3-4-8-12(11)14-10;1-9-7-4-2-6(8)3-5-7/h1-8H;2-5H,1H3. The molecule has 116 valence electrons. The molecule has 0 atom stereocenters. The molecule has 0 fully saturated rings. The van der Waals surface area contributed by atoms with Gasteiger partial charge in [-0.2, -0.15) is 0 Å². The van der Waals surface area contributed by atoms with Crippen molar-refractivity contribution in [1.82, 2.24) is 0 Å². The van der Waals surface area contributed by atoms with E-state index in [-0.39, 0.29) is 0 Å². The Morgan fingerprint density at radius 3 is 1.39 bits per heavy atom. The third kappa shape index (κ3) is 4.25. The van der Waals surface area contributed by atoms with Gasteiger partial charge in [0.25, 0.3) is 0 Å². The normalized spacial score (nSPS) is 11.6. The van der Waals surface area contributed by atoms with Crippen LogP contribution in [-0.2, 0) is 0 Å². The molecule has 0 amide bonds. The van der Waals surface area contributed by atoms with Crippen molar-refractivity contribution in [3.8, 4) is 5.75 Å². The molecule has 0 unspecified atom stereocenters. The van der Waals surface area contributed by atoms with Crippen LogP contribution in [0.15, 0.2) is 92.4 Å². The summed E-state index contributed by atoms with van der Waals surface area (Å²) in [4.78, 5) is 5.49. The summed E-state index contributed by atoms with van der Waals surface area (Å²) in [6.07, 6.45) is 0. The van der Waals surface area contributed by atoms with E-state index >= 15 is 0 Å². The van der Waals surface area contributed by atoms with Gasteiger partial charge in [0.1, 0.15) is 5.75 Å². The Morgan fingerprint density at radius 2 is 1.04 bits per heavy atom. The predicted molar refractivity (Wildman–Crippen MR) is 99.1 cm³/mol. The Hall–Kier alpha value is -1.55. The van der Waals surface area contributed by atoms with Gasteiger partial charge in [-0.1, -0.05) is 59.4 Å². The molecular formula is C19H15ClOS2. The van der Waals surface area contributed by atoms with Crippen LogP contribution in [0.1, 0.15) is 0 Å². The number of rotatable bonds is 1. The average Bonchev–Trinajstić information content (AvgIpc) is 2.61. The summed E-state index contributed by atoms with van der Waals surface area (Å²) >= 11 is 9.34. The first-order chi connectivity index (χ1) is 11.3. The van der Waals surface area contributed by atoms with Gasteiger partial charge in [0.2, 0.25) is 0 Å². The molecule has 0 aromatic heterocycles. The minimum Gasteiger partial charge on any atom is -0.497 e. The molecule has 23 heavy (non-hydrogen) atoms. The Morgan fingerprint density at radius 1 is 0.652 bits per heavy atom. The van der Waals surface area contributed by atoms with E-state index in [1.165, 1.54) is 19.6 Å². The van der Waals surface area contributed by atoms with E-state index in [4.69, 9.17) is 16.3 Å². The second kappa shape index (κ2) is 7.82. The third-order valence-electron chi connectivity index (χ3n) is 3.19. The lowest BCUT2D eigenvalue weighted by atomic mass is 10.3. The topological polar surface area (TPSA) is 9.23 Å². The molecule has 4 heteroatoms. The SMILES string of the molecule is COc1ccc(Cl)cc1.c1ccc2c(c1)Sc1ccccc1S2. The van der Waals surface area contributed by atoms with Crippen molar-refractivity contribution in [2.24, 2.45) is 0 Å². The van der Waals surface area contributed by atoms with Crippen LogP contribution in [-0.4, -0.2) is 7.11 Å². The van der Waals surface area contributed by atoms with Crippen LogP contribution >= 0.6 is 35.1 Å². The lowest BCUT2D eigenvalue weighted by molar-refractivity contribution is 0.415. The summed E-state index contributed by atoms with van der Waals surface area (Å²) in [5.74, 6) is 0.833. The van der Waals surface area contributed by atoms with Gasteiger partial charge in [-0.25, -0.2) is 0 Å². The fourth-order valence-corrected chi connectivity index (χ4v) is 4.41. The quantitative estimate of drug-likeness (QED) is 0.377. The van der Waals surface area contributed by atoms with Crippen LogP contribution in [0.3, 0.4) is 0 Å². The smallest absolute Gasteiger partial charge is 0.118 e. The van der Waals surface area contributed by atoms with E-state index in [9.17, 15) is 0 Å². The van der Waals surface area contributed by atoms with Gasteiger partial charge in [-0.3, -0.25) is 0 Å². The van der Waals surface area contributed by atoms with Crippen molar-refractivity contribution < 1.29 is 4.74 Å². The van der Waals surface area contributed by atoms with Crippen molar-refractivity contribution in [1.29, 1.82) is 0 Å². The lowest BCUT2D eigenvalue weighted by Gasteiger charge is -2.17. The summed E-state index contributed by atoms with van der Waals surface area (Å²) in [5, 5.41) is 0.732. The van der Waals surface area contributed by atoms with Crippen LogP contribution < -0.4 is 4.74 Å². The highest BCUT2D eigenvalue weighted by Crippen LogP contribution is 2.47. The molecule has 0 N–H and O–H groups in total. The summed E-state index contributed by atoms with van der Waals surface area (Å²) in [5.41, 5.74) is 0. The number of hydrogen-bond donors (Lipinski definition) is 0. The molecule has 1 heterocycles. The molecular weight excluding hydrogens is 344 g/mol. The molecule has 0 bridgehead atoms. The summed E-state index contributed by atoms with van der Waals surface area (Å²) < 4.78 is 4.91. The van der Waals surface area contributed by atoms with Gasteiger partial charge >= 0.3 is 0 Å². The second-order valence-corrected chi connectivity index (χ2v) is 7.36.